The molecule has 0 amide bonds. The zero-order valence-corrected chi connectivity index (χ0v) is 21.0. The normalized spacial score (nSPS) is 25.6. The van der Waals surface area contributed by atoms with Crippen LogP contribution in [0.25, 0.3) is 0 Å². The fourth-order valence-electron chi connectivity index (χ4n) is 3.51. The number of nitrogens with two attached hydrogens (primary N) is 1. The maximum atomic E-state index is 12.0. The molecule has 1 aliphatic carbocycles. The molecular formula is C23H37N5O2P+. The van der Waals surface area contributed by atoms with Crippen molar-refractivity contribution < 1.29 is 13.8 Å². The molecule has 3 N–H and O–H groups in total. The Hall–Kier alpha value is -2.08. The molecule has 7 nitrogen and oxygen atoms in total. The standard InChI is InChI=1S/C23H36N5O2P/c1-8-23(5)14-17(26-22(3,4)11-12-28(7,30)31)9-10-18(15-23)27(6)21-16(2)13-19(29)20(24)25-21/h9-10,13-15,24,26H,8,11-12,31H2,1-7H3/p+1. The number of ketones is 1. The Morgan fingerprint density at radius 3 is 2.58 bits per heavy atom. The molecule has 0 saturated carbocycles. The number of quaternary nitrogens is 1. The molecular weight excluding hydrogens is 409 g/mol. The number of rotatable bonds is 7. The van der Waals surface area contributed by atoms with Gasteiger partial charge < -0.3 is 20.7 Å². The Bertz CT molecular complexity index is 932. The molecule has 0 saturated heterocycles. The van der Waals surface area contributed by atoms with E-state index in [2.05, 4.69) is 65.6 Å². The van der Waals surface area contributed by atoms with Crippen molar-refractivity contribution in [3.05, 3.63) is 52.6 Å². The number of likely N-dealkylation sites (N-methyl/N-ethyl adjacent to an activating group) is 1. The summed E-state index contributed by atoms with van der Waals surface area (Å²) >= 11 is 0. The van der Waals surface area contributed by atoms with Crippen LogP contribution in [0.5, 0.6) is 0 Å². The summed E-state index contributed by atoms with van der Waals surface area (Å²) in [5, 5.41) is 15.6. The van der Waals surface area contributed by atoms with E-state index in [1.165, 1.54) is 6.08 Å². The second-order valence-electron chi connectivity index (χ2n) is 9.59. The van der Waals surface area contributed by atoms with Crippen LogP contribution >= 0.6 is 9.39 Å². The van der Waals surface area contributed by atoms with Crippen molar-refractivity contribution in [3.8, 4) is 0 Å². The number of aliphatic imine (C=N–C) groups is 1. The van der Waals surface area contributed by atoms with Crippen molar-refractivity contribution in [2.24, 2.45) is 16.1 Å². The van der Waals surface area contributed by atoms with Crippen LogP contribution in [0.2, 0.25) is 0 Å². The number of carbonyl (C=O) groups excluding carboxylic acids is 1. The van der Waals surface area contributed by atoms with E-state index < -0.39 is 0 Å². The van der Waals surface area contributed by atoms with Crippen LogP contribution < -0.4 is 11.1 Å². The van der Waals surface area contributed by atoms with Gasteiger partial charge in [-0.05, 0) is 50.4 Å². The lowest BCUT2D eigenvalue weighted by atomic mass is 9.86. The first-order valence-corrected chi connectivity index (χ1v) is 11.1. The molecule has 2 rings (SSSR count). The molecule has 170 valence electrons. The lowest BCUT2D eigenvalue weighted by molar-refractivity contribution is -0.722. The molecule has 0 bridgehead atoms. The van der Waals surface area contributed by atoms with E-state index in [-0.39, 0.29) is 27.0 Å². The van der Waals surface area contributed by atoms with Crippen molar-refractivity contribution >= 4 is 26.8 Å². The zero-order chi connectivity index (χ0) is 23.6. The number of dihydropyridines is 1. The van der Waals surface area contributed by atoms with Gasteiger partial charge in [0.2, 0.25) is 5.78 Å². The number of nitrogens with zero attached hydrogens (tertiary/aromatic N) is 3. The first-order chi connectivity index (χ1) is 14.1. The first kappa shape index (κ1) is 25.2. The van der Waals surface area contributed by atoms with Crippen LogP contribution in [-0.2, 0) is 4.79 Å². The molecule has 2 aliphatic rings. The summed E-state index contributed by atoms with van der Waals surface area (Å²) in [7, 11) is 5.89. The van der Waals surface area contributed by atoms with Crippen LogP contribution in [0.15, 0.2) is 52.3 Å². The third-order valence-corrected chi connectivity index (χ3v) is 5.96. The zero-order valence-electron chi connectivity index (χ0n) is 19.8. The van der Waals surface area contributed by atoms with Gasteiger partial charge in [-0.25, -0.2) is 4.58 Å². The summed E-state index contributed by atoms with van der Waals surface area (Å²) in [5.74, 6) is 0.409. The van der Waals surface area contributed by atoms with Crippen LogP contribution in [0.4, 0.5) is 0 Å². The van der Waals surface area contributed by atoms with Gasteiger partial charge in [0.1, 0.15) is 5.70 Å². The number of allylic oxidation sites excluding steroid dienone is 4. The SMILES string of the molecule is CCC1(C)C=C(NC(C)(C)CC[N+](C)([O-])P)C=CC([N+](C)=C2N=C(N)C(=O)C=C2C)=C1. The molecule has 0 fully saturated rings. The Kier molecular flexibility index (Phi) is 7.47. The summed E-state index contributed by atoms with van der Waals surface area (Å²) in [6.45, 7) is 10.9. The number of amidine groups is 2. The molecule has 0 aromatic carbocycles. The number of carbonyl (C=O) groups is 1. The van der Waals surface area contributed by atoms with Crippen molar-refractivity contribution in [2.75, 3.05) is 20.6 Å². The highest BCUT2D eigenvalue weighted by atomic mass is 31.0. The minimum atomic E-state index is -0.388. The molecule has 0 aromatic rings. The predicted molar refractivity (Wildman–Crippen MR) is 131 cm³/mol. The van der Waals surface area contributed by atoms with Gasteiger partial charge in [-0.1, -0.05) is 19.9 Å². The number of hydrogen-bond donors (Lipinski definition) is 2. The summed E-state index contributed by atoms with van der Waals surface area (Å²) in [5.41, 5.74) is 8.12. The highest BCUT2D eigenvalue weighted by Gasteiger charge is 2.29. The van der Waals surface area contributed by atoms with E-state index in [9.17, 15) is 10.0 Å². The van der Waals surface area contributed by atoms with Gasteiger partial charge in [0, 0.05) is 34.7 Å². The van der Waals surface area contributed by atoms with E-state index in [4.69, 9.17) is 5.73 Å². The summed E-state index contributed by atoms with van der Waals surface area (Å²) in [4.78, 5) is 16.1. The Morgan fingerprint density at radius 1 is 1.35 bits per heavy atom. The third kappa shape index (κ3) is 6.96. The van der Waals surface area contributed by atoms with Crippen LogP contribution in [-0.4, -0.2) is 52.6 Å². The third-order valence-electron chi connectivity index (χ3n) is 5.71. The van der Waals surface area contributed by atoms with Crippen molar-refractivity contribution in [2.45, 2.75) is 53.0 Å². The van der Waals surface area contributed by atoms with Crippen molar-refractivity contribution in [1.29, 1.82) is 0 Å². The summed E-state index contributed by atoms with van der Waals surface area (Å²) in [6, 6.07) is 0. The molecule has 8 heteroatoms. The largest absolute Gasteiger partial charge is 0.632 e. The molecule has 31 heavy (non-hydrogen) atoms. The fourth-order valence-corrected chi connectivity index (χ4v) is 3.63. The maximum absolute atomic E-state index is 12.0. The van der Waals surface area contributed by atoms with Crippen LogP contribution in [0.3, 0.4) is 0 Å². The van der Waals surface area contributed by atoms with Gasteiger partial charge in [0.25, 0.3) is 5.84 Å². The Balaban J connectivity index is 2.37. The number of hydroxylamine groups is 2. The molecule has 1 aliphatic heterocycles. The average molecular weight is 447 g/mol. The van der Waals surface area contributed by atoms with E-state index in [0.29, 0.717) is 12.4 Å². The molecule has 0 radical (unpaired) electrons. The van der Waals surface area contributed by atoms with Crippen LogP contribution in [0.1, 0.15) is 47.5 Å². The van der Waals surface area contributed by atoms with Gasteiger partial charge in [0.15, 0.2) is 0 Å². The molecule has 0 spiro atoms. The highest BCUT2D eigenvalue weighted by molar-refractivity contribution is 7.08. The number of nitrogens with one attached hydrogen (secondary N) is 1. The van der Waals surface area contributed by atoms with E-state index >= 15 is 0 Å². The predicted octanol–water partition coefficient (Wildman–Crippen LogP) is 3.16. The lowest BCUT2D eigenvalue weighted by Gasteiger charge is -2.37. The Morgan fingerprint density at radius 2 is 2.00 bits per heavy atom. The van der Waals surface area contributed by atoms with Gasteiger partial charge in [-0.3, -0.25) is 4.79 Å². The second-order valence-corrected chi connectivity index (χ2v) is 10.7. The molecule has 0 aromatic heterocycles. The van der Waals surface area contributed by atoms with Crippen LogP contribution in [0, 0.1) is 10.6 Å². The second kappa shape index (κ2) is 9.19. The minimum Gasteiger partial charge on any atom is -0.632 e. The minimum absolute atomic E-state index is 0.00370. The van der Waals surface area contributed by atoms with Crippen molar-refractivity contribution in [1.82, 2.24) is 5.32 Å². The van der Waals surface area contributed by atoms with E-state index in [1.807, 2.05) is 24.6 Å². The van der Waals surface area contributed by atoms with Gasteiger partial charge >= 0.3 is 5.84 Å². The summed E-state index contributed by atoms with van der Waals surface area (Å²) in [6.07, 6.45) is 11.7. The van der Waals surface area contributed by atoms with Gasteiger partial charge in [-0.2, -0.15) is 0 Å². The number of hydrogen-bond acceptors (Lipinski definition) is 4. The average Bonchev–Trinajstić information content (AvgIpc) is 2.81. The van der Waals surface area contributed by atoms with E-state index in [0.717, 1.165) is 29.8 Å². The fraction of sp³-hybridized carbons (Fsp3) is 0.522. The molecule has 3 atom stereocenters. The van der Waals surface area contributed by atoms with Gasteiger partial charge in [0.05, 0.1) is 30.0 Å². The topological polar surface area (TPSA) is 93.5 Å². The quantitative estimate of drug-likeness (QED) is 0.357. The highest BCUT2D eigenvalue weighted by Crippen LogP contribution is 2.31. The smallest absolute Gasteiger partial charge is 0.329 e. The maximum Gasteiger partial charge on any atom is 0.329 e. The summed E-state index contributed by atoms with van der Waals surface area (Å²) < 4.78 is 1.58. The van der Waals surface area contributed by atoms with Crippen molar-refractivity contribution in [3.63, 3.8) is 0 Å². The molecule has 1 heterocycles. The van der Waals surface area contributed by atoms with Gasteiger partial charge in [-0.15, -0.1) is 0 Å². The molecule has 3 unspecified atom stereocenters. The monoisotopic (exact) mass is 446 g/mol. The first-order valence-electron chi connectivity index (χ1n) is 10.6. The lowest BCUT2D eigenvalue weighted by Crippen LogP contribution is -2.42. The Labute approximate surface area is 188 Å². The van der Waals surface area contributed by atoms with E-state index in [1.54, 1.807) is 7.05 Å².